The molecule has 5 N–H and O–H groups in total. The number of hydrogen-bond donors (Lipinski definition) is 4. The minimum atomic E-state index is -0.737. The maximum absolute atomic E-state index is 11.0. The number of aromatic nitrogens is 2. The SMILES string of the molecule is NC(=O)Nc1n[nH]c2c(O)c(Cl)c(-c3ccccc3)cc12. The predicted octanol–water partition coefficient (Wildman–Crippen LogP) is 3.08. The number of phenolic OH excluding ortho intramolecular Hbond substituents is 1. The molecule has 1 aromatic heterocycles. The molecule has 0 aliphatic carbocycles. The summed E-state index contributed by atoms with van der Waals surface area (Å²) in [6.07, 6.45) is 0. The number of primary amides is 1. The summed E-state index contributed by atoms with van der Waals surface area (Å²) in [4.78, 5) is 11.0. The number of hydrogen-bond acceptors (Lipinski definition) is 3. The van der Waals surface area contributed by atoms with Gasteiger partial charge in [-0.05, 0) is 11.6 Å². The van der Waals surface area contributed by atoms with E-state index >= 15 is 0 Å². The van der Waals surface area contributed by atoms with E-state index in [9.17, 15) is 9.90 Å². The summed E-state index contributed by atoms with van der Waals surface area (Å²) >= 11 is 6.21. The zero-order valence-electron chi connectivity index (χ0n) is 10.7. The van der Waals surface area contributed by atoms with Crippen molar-refractivity contribution in [3.63, 3.8) is 0 Å². The van der Waals surface area contributed by atoms with E-state index in [1.54, 1.807) is 6.07 Å². The first-order valence-electron chi connectivity index (χ1n) is 6.09. The Bertz CT molecular complexity index is 830. The van der Waals surface area contributed by atoms with Crippen LogP contribution in [0.4, 0.5) is 10.6 Å². The monoisotopic (exact) mass is 302 g/mol. The fourth-order valence-electron chi connectivity index (χ4n) is 2.16. The van der Waals surface area contributed by atoms with E-state index in [1.807, 2.05) is 30.3 Å². The van der Waals surface area contributed by atoms with Crippen LogP contribution in [-0.4, -0.2) is 21.3 Å². The summed E-state index contributed by atoms with van der Waals surface area (Å²) in [5.41, 5.74) is 6.91. The van der Waals surface area contributed by atoms with Crippen molar-refractivity contribution in [1.82, 2.24) is 10.2 Å². The predicted molar refractivity (Wildman–Crippen MR) is 81.4 cm³/mol. The van der Waals surface area contributed by atoms with Gasteiger partial charge in [-0.15, -0.1) is 0 Å². The summed E-state index contributed by atoms with van der Waals surface area (Å²) < 4.78 is 0. The van der Waals surface area contributed by atoms with Crippen LogP contribution in [0.5, 0.6) is 5.75 Å². The smallest absolute Gasteiger partial charge is 0.317 e. The average molecular weight is 303 g/mol. The molecule has 0 spiro atoms. The molecule has 1 heterocycles. The molecule has 106 valence electrons. The molecule has 0 saturated heterocycles. The molecule has 0 atom stereocenters. The van der Waals surface area contributed by atoms with Crippen LogP contribution >= 0.6 is 11.6 Å². The minimum Gasteiger partial charge on any atom is -0.504 e. The number of carbonyl (C=O) groups excluding carboxylic acids is 1. The molecule has 0 saturated carbocycles. The first-order valence-corrected chi connectivity index (χ1v) is 6.47. The maximum Gasteiger partial charge on any atom is 0.317 e. The van der Waals surface area contributed by atoms with Gasteiger partial charge in [-0.2, -0.15) is 5.10 Å². The third-order valence-electron chi connectivity index (χ3n) is 3.10. The Kier molecular flexibility index (Phi) is 3.15. The van der Waals surface area contributed by atoms with Gasteiger partial charge in [-0.25, -0.2) is 4.79 Å². The van der Waals surface area contributed by atoms with Crippen molar-refractivity contribution in [1.29, 1.82) is 0 Å². The third-order valence-corrected chi connectivity index (χ3v) is 3.48. The van der Waals surface area contributed by atoms with Crippen LogP contribution in [-0.2, 0) is 0 Å². The topological polar surface area (TPSA) is 104 Å². The Morgan fingerprint density at radius 1 is 1.33 bits per heavy atom. The molecule has 0 radical (unpaired) electrons. The molecule has 0 bridgehead atoms. The van der Waals surface area contributed by atoms with Gasteiger partial charge in [0.1, 0.15) is 5.52 Å². The van der Waals surface area contributed by atoms with Gasteiger partial charge in [0.2, 0.25) is 0 Å². The number of halogens is 1. The number of phenols is 1. The summed E-state index contributed by atoms with van der Waals surface area (Å²) in [6, 6.07) is 10.4. The van der Waals surface area contributed by atoms with Gasteiger partial charge in [-0.3, -0.25) is 10.4 Å². The summed E-state index contributed by atoms with van der Waals surface area (Å²) in [6.45, 7) is 0. The van der Waals surface area contributed by atoms with Crippen molar-refractivity contribution in [3.05, 3.63) is 41.4 Å². The zero-order valence-corrected chi connectivity index (χ0v) is 11.5. The van der Waals surface area contributed by atoms with E-state index in [2.05, 4.69) is 15.5 Å². The van der Waals surface area contributed by atoms with Crippen LogP contribution in [0.1, 0.15) is 0 Å². The molecule has 0 aliphatic rings. The van der Waals surface area contributed by atoms with E-state index in [4.69, 9.17) is 17.3 Å². The Labute approximate surface area is 124 Å². The van der Waals surface area contributed by atoms with Gasteiger partial charge in [0.15, 0.2) is 11.6 Å². The first-order chi connectivity index (χ1) is 10.1. The molecule has 7 heteroatoms. The second-order valence-corrected chi connectivity index (χ2v) is 4.81. The van der Waals surface area contributed by atoms with Gasteiger partial charge < -0.3 is 10.8 Å². The number of anilines is 1. The van der Waals surface area contributed by atoms with Crippen LogP contribution < -0.4 is 11.1 Å². The van der Waals surface area contributed by atoms with E-state index < -0.39 is 6.03 Å². The lowest BCUT2D eigenvalue weighted by Gasteiger charge is -2.08. The number of nitrogens with two attached hydrogens (primary N) is 1. The van der Waals surface area contributed by atoms with Crippen molar-refractivity contribution in [3.8, 4) is 16.9 Å². The lowest BCUT2D eigenvalue weighted by molar-refractivity contribution is 0.259. The summed E-state index contributed by atoms with van der Waals surface area (Å²) in [5.74, 6) is 0.111. The minimum absolute atomic E-state index is 0.127. The largest absolute Gasteiger partial charge is 0.504 e. The number of H-pyrrole nitrogens is 1. The molecule has 6 nitrogen and oxygen atoms in total. The number of benzene rings is 2. The number of aromatic hydroxyl groups is 1. The summed E-state index contributed by atoms with van der Waals surface area (Å²) in [5, 5.41) is 19.9. The molecule has 0 fully saturated rings. The Morgan fingerprint density at radius 3 is 2.71 bits per heavy atom. The lowest BCUT2D eigenvalue weighted by Crippen LogP contribution is -2.19. The number of nitrogens with zero attached hydrogens (tertiary/aromatic N) is 1. The van der Waals surface area contributed by atoms with E-state index in [1.165, 1.54) is 0 Å². The molecule has 3 aromatic rings. The van der Waals surface area contributed by atoms with Crippen LogP contribution in [0.3, 0.4) is 0 Å². The standard InChI is InChI=1S/C14H11ClN4O2/c15-10-8(7-4-2-1-3-5-7)6-9-11(12(10)20)18-19-13(9)17-14(16)21/h1-6,20H,(H4,16,17,18,19,21). The van der Waals surface area contributed by atoms with Gasteiger partial charge in [0.25, 0.3) is 0 Å². The normalized spacial score (nSPS) is 10.7. The molecular weight excluding hydrogens is 292 g/mol. The van der Waals surface area contributed by atoms with Crippen LogP contribution in [0.15, 0.2) is 36.4 Å². The van der Waals surface area contributed by atoms with Gasteiger partial charge in [-0.1, -0.05) is 41.9 Å². The highest BCUT2D eigenvalue weighted by atomic mass is 35.5. The van der Waals surface area contributed by atoms with Crippen molar-refractivity contribution >= 4 is 34.4 Å². The molecule has 3 rings (SSSR count). The van der Waals surface area contributed by atoms with Gasteiger partial charge in [0, 0.05) is 10.9 Å². The average Bonchev–Trinajstić information content (AvgIpc) is 2.86. The van der Waals surface area contributed by atoms with Crippen LogP contribution in [0.25, 0.3) is 22.0 Å². The van der Waals surface area contributed by atoms with Crippen molar-refractivity contribution < 1.29 is 9.90 Å². The number of carbonyl (C=O) groups is 1. The fraction of sp³-hybridized carbons (Fsp3) is 0. The number of amides is 2. The molecule has 2 aromatic carbocycles. The quantitative estimate of drug-likeness (QED) is 0.584. The Morgan fingerprint density at radius 2 is 2.05 bits per heavy atom. The number of urea groups is 1. The Hall–Kier alpha value is -2.73. The van der Waals surface area contributed by atoms with Crippen molar-refractivity contribution in [2.24, 2.45) is 5.73 Å². The van der Waals surface area contributed by atoms with E-state index in [-0.39, 0.29) is 16.6 Å². The van der Waals surface area contributed by atoms with Gasteiger partial charge >= 0.3 is 6.03 Å². The van der Waals surface area contributed by atoms with Gasteiger partial charge in [0.05, 0.1) is 5.02 Å². The Balaban J connectivity index is 2.26. The highest BCUT2D eigenvalue weighted by Gasteiger charge is 2.17. The molecule has 21 heavy (non-hydrogen) atoms. The highest BCUT2D eigenvalue weighted by Crippen LogP contribution is 2.41. The van der Waals surface area contributed by atoms with E-state index in [0.717, 1.165) is 5.56 Å². The van der Waals surface area contributed by atoms with E-state index in [0.29, 0.717) is 16.5 Å². The van der Waals surface area contributed by atoms with Crippen LogP contribution in [0.2, 0.25) is 5.02 Å². The summed E-state index contributed by atoms with van der Waals surface area (Å²) in [7, 11) is 0. The second-order valence-electron chi connectivity index (χ2n) is 4.44. The molecular formula is C14H11ClN4O2. The second kappa shape index (κ2) is 4.99. The number of rotatable bonds is 2. The molecule has 0 aliphatic heterocycles. The van der Waals surface area contributed by atoms with Crippen molar-refractivity contribution in [2.45, 2.75) is 0 Å². The lowest BCUT2D eigenvalue weighted by atomic mass is 10.0. The number of fused-ring (bicyclic) bond motifs is 1. The highest BCUT2D eigenvalue weighted by molar-refractivity contribution is 6.36. The molecule has 0 unspecified atom stereocenters. The number of aromatic amines is 1. The maximum atomic E-state index is 11.0. The number of nitrogens with one attached hydrogen (secondary N) is 2. The fourth-order valence-corrected chi connectivity index (χ4v) is 2.41. The third kappa shape index (κ3) is 2.25. The van der Waals surface area contributed by atoms with Crippen LogP contribution in [0, 0.1) is 0 Å². The zero-order chi connectivity index (χ0) is 15.0. The van der Waals surface area contributed by atoms with Crippen molar-refractivity contribution in [2.75, 3.05) is 5.32 Å². The first kappa shape index (κ1) is 13.3. The molecule has 2 amide bonds.